The molecule has 1 aromatic heterocycles. The van der Waals surface area contributed by atoms with Gasteiger partial charge in [-0.3, -0.25) is 9.34 Å². The first kappa shape index (κ1) is 23.8. The van der Waals surface area contributed by atoms with Crippen LogP contribution in [0.1, 0.15) is 77.7 Å². The van der Waals surface area contributed by atoms with Crippen LogP contribution in [0, 0.1) is 6.92 Å². The van der Waals surface area contributed by atoms with E-state index in [0.717, 1.165) is 37.6 Å². The number of thiocarbonyl (C=S) groups is 1. The third-order valence-corrected chi connectivity index (χ3v) is 11.3. The molecule has 30 heavy (non-hydrogen) atoms. The maximum atomic E-state index is 5.88. The van der Waals surface area contributed by atoms with E-state index >= 15 is 0 Å². The van der Waals surface area contributed by atoms with Crippen molar-refractivity contribution in [1.29, 1.82) is 0 Å². The standard InChI is InChI=1S/C23H40N5PS/c1-20-14-13-15-24-21(20)25-22(30)26-29(23(2,3)4,27-16-9-5-6-10-17-27)28-18-11-7-8-12-19-28/h13-15H,5-12,16-19H2,1-4H3,(H,24,25,30). The second-order valence-electron chi connectivity index (χ2n) is 9.67. The Morgan fingerprint density at radius 3 is 1.90 bits per heavy atom. The SMILES string of the molecule is Cc1cccnc1NC(=S)N=P(N1CCCCCC1)(N1CCCCCC1)C(C)(C)C. The Balaban J connectivity index is 2.06. The molecule has 0 bridgehead atoms. The van der Waals surface area contributed by atoms with Crippen molar-refractivity contribution in [2.75, 3.05) is 31.5 Å². The Labute approximate surface area is 189 Å². The number of pyridine rings is 1. The van der Waals surface area contributed by atoms with E-state index in [0.29, 0.717) is 5.11 Å². The van der Waals surface area contributed by atoms with Crippen LogP contribution in [0.4, 0.5) is 5.82 Å². The number of rotatable bonds is 3. The molecule has 2 aliphatic rings. The van der Waals surface area contributed by atoms with Gasteiger partial charge in [-0.15, -0.1) is 0 Å². The molecule has 0 aromatic carbocycles. The van der Waals surface area contributed by atoms with Crippen molar-refractivity contribution in [2.45, 2.75) is 84.2 Å². The van der Waals surface area contributed by atoms with Crippen molar-refractivity contribution in [3.63, 3.8) is 0 Å². The maximum Gasteiger partial charge on any atom is 0.199 e. The van der Waals surface area contributed by atoms with Crippen molar-refractivity contribution in [1.82, 2.24) is 14.3 Å². The van der Waals surface area contributed by atoms with E-state index in [-0.39, 0.29) is 5.16 Å². The van der Waals surface area contributed by atoms with Gasteiger partial charge in [-0.1, -0.05) is 52.5 Å². The predicted octanol–water partition coefficient (Wildman–Crippen LogP) is 6.67. The molecule has 2 aliphatic heterocycles. The molecular formula is C23H40N5PS. The van der Waals surface area contributed by atoms with Crippen molar-refractivity contribution < 1.29 is 0 Å². The highest BCUT2D eigenvalue weighted by Crippen LogP contribution is 2.66. The van der Waals surface area contributed by atoms with E-state index in [4.69, 9.17) is 17.0 Å². The molecule has 0 saturated carbocycles. The highest BCUT2D eigenvalue weighted by molar-refractivity contribution is 7.81. The minimum atomic E-state index is -2.03. The molecule has 0 amide bonds. The topological polar surface area (TPSA) is 43.8 Å². The zero-order valence-electron chi connectivity index (χ0n) is 19.4. The Hall–Kier alpha value is -0.810. The molecule has 0 spiro atoms. The lowest BCUT2D eigenvalue weighted by molar-refractivity contribution is 0.368. The summed E-state index contributed by atoms with van der Waals surface area (Å²) in [6.45, 7) is 13.8. The van der Waals surface area contributed by atoms with Gasteiger partial charge in [0, 0.05) is 37.5 Å². The fourth-order valence-corrected chi connectivity index (χ4v) is 9.87. The Morgan fingerprint density at radius 1 is 0.967 bits per heavy atom. The van der Waals surface area contributed by atoms with Gasteiger partial charge in [-0.2, -0.15) is 0 Å². The van der Waals surface area contributed by atoms with Gasteiger partial charge in [0.05, 0.1) is 0 Å². The molecule has 3 rings (SSSR count). The summed E-state index contributed by atoms with van der Waals surface area (Å²) in [5.74, 6) is 0.824. The lowest BCUT2D eigenvalue weighted by Crippen LogP contribution is -2.42. The third kappa shape index (κ3) is 5.51. The van der Waals surface area contributed by atoms with Crippen molar-refractivity contribution in [3.8, 4) is 0 Å². The number of aryl methyl sites for hydroxylation is 1. The van der Waals surface area contributed by atoms with Crippen LogP contribution in [0.5, 0.6) is 0 Å². The molecule has 2 fully saturated rings. The molecule has 3 heterocycles. The fraction of sp³-hybridized carbons (Fsp3) is 0.739. The fourth-order valence-electron chi connectivity index (χ4n) is 4.84. The highest BCUT2D eigenvalue weighted by atomic mass is 32.1. The second-order valence-corrected chi connectivity index (χ2v) is 13.9. The summed E-state index contributed by atoms with van der Waals surface area (Å²) in [6.07, 6.45) is 12.2. The molecule has 0 radical (unpaired) electrons. The van der Waals surface area contributed by atoms with E-state index in [1.807, 2.05) is 12.3 Å². The quantitative estimate of drug-likeness (QED) is 0.412. The zero-order valence-corrected chi connectivity index (χ0v) is 21.1. The molecule has 1 N–H and O–H groups in total. The summed E-state index contributed by atoms with van der Waals surface area (Å²) in [4.78, 5) is 4.49. The molecule has 0 unspecified atom stereocenters. The summed E-state index contributed by atoms with van der Waals surface area (Å²) in [5.41, 5.74) is 1.10. The Morgan fingerprint density at radius 2 is 1.47 bits per heavy atom. The van der Waals surface area contributed by atoms with Gasteiger partial charge in [-0.25, -0.2) is 9.73 Å². The summed E-state index contributed by atoms with van der Waals surface area (Å²) >= 11 is 5.88. The number of aromatic nitrogens is 1. The summed E-state index contributed by atoms with van der Waals surface area (Å²) < 4.78 is 11.0. The van der Waals surface area contributed by atoms with Gasteiger partial charge in [-0.05, 0) is 56.5 Å². The molecule has 1 aromatic rings. The van der Waals surface area contributed by atoms with Gasteiger partial charge in [0.15, 0.2) is 5.11 Å². The number of nitrogens with one attached hydrogen (secondary N) is 1. The van der Waals surface area contributed by atoms with Gasteiger partial charge in [0.25, 0.3) is 0 Å². The van der Waals surface area contributed by atoms with E-state index in [2.05, 4.69) is 53.4 Å². The molecule has 2 saturated heterocycles. The summed E-state index contributed by atoms with van der Waals surface area (Å²) in [6, 6.07) is 4.02. The molecule has 0 aliphatic carbocycles. The van der Waals surface area contributed by atoms with E-state index in [9.17, 15) is 0 Å². The van der Waals surface area contributed by atoms with Gasteiger partial charge < -0.3 is 5.32 Å². The number of hydrogen-bond donors (Lipinski definition) is 1. The molecular weight excluding hydrogens is 409 g/mol. The van der Waals surface area contributed by atoms with Crippen LogP contribution in [0.25, 0.3) is 0 Å². The zero-order chi connectivity index (χ0) is 21.6. The average Bonchev–Trinajstić information content (AvgIpc) is 3.12. The van der Waals surface area contributed by atoms with Crippen LogP contribution in [-0.4, -0.2) is 50.8 Å². The van der Waals surface area contributed by atoms with Gasteiger partial charge >= 0.3 is 0 Å². The number of anilines is 1. The van der Waals surface area contributed by atoms with Gasteiger partial charge in [0.1, 0.15) is 13.2 Å². The number of hydrogen-bond acceptors (Lipinski definition) is 2. The van der Waals surface area contributed by atoms with Gasteiger partial charge in [0.2, 0.25) is 0 Å². The monoisotopic (exact) mass is 449 g/mol. The van der Waals surface area contributed by atoms with E-state index in [1.54, 1.807) is 0 Å². The van der Waals surface area contributed by atoms with Crippen LogP contribution < -0.4 is 5.32 Å². The third-order valence-electron chi connectivity index (χ3n) is 6.32. The smallest absolute Gasteiger partial charge is 0.199 e. The molecule has 7 heteroatoms. The van der Waals surface area contributed by atoms with Crippen LogP contribution in [-0.2, 0) is 0 Å². The van der Waals surface area contributed by atoms with Crippen LogP contribution in [0.2, 0.25) is 0 Å². The van der Waals surface area contributed by atoms with Crippen LogP contribution >= 0.6 is 19.6 Å². The molecule has 5 nitrogen and oxygen atoms in total. The molecule has 168 valence electrons. The summed E-state index contributed by atoms with van der Waals surface area (Å²) in [5, 5.41) is 4.00. The van der Waals surface area contributed by atoms with Crippen molar-refractivity contribution in [2.24, 2.45) is 4.74 Å². The largest absolute Gasteiger partial charge is 0.315 e. The average molecular weight is 450 g/mol. The minimum absolute atomic E-state index is 0.0343. The second kappa shape index (κ2) is 10.7. The first-order chi connectivity index (χ1) is 14.3. The van der Waals surface area contributed by atoms with E-state index < -0.39 is 7.36 Å². The lowest BCUT2D eigenvalue weighted by atomic mass is 10.2. The first-order valence-corrected chi connectivity index (χ1v) is 13.8. The number of nitrogens with zero attached hydrogens (tertiary/aromatic N) is 4. The maximum absolute atomic E-state index is 5.88. The van der Waals surface area contributed by atoms with Crippen LogP contribution in [0.15, 0.2) is 23.1 Å². The van der Waals surface area contributed by atoms with E-state index in [1.165, 1.54) is 51.4 Å². The van der Waals surface area contributed by atoms with Crippen molar-refractivity contribution >= 4 is 30.5 Å². The summed E-state index contributed by atoms with van der Waals surface area (Å²) in [7, 11) is -2.03. The Bertz CT molecular complexity index is 733. The predicted molar refractivity (Wildman–Crippen MR) is 134 cm³/mol. The Kier molecular flexibility index (Phi) is 8.48. The van der Waals surface area contributed by atoms with Crippen LogP contribution in [0.3, 0.4) is 0 Å². The normalized spacial score (nSPS) is 20.3. The van der Waals surface area contributed by atoms with Crippen molar-refractivity contribution in [3.05, 3.63) is 23.9 Å². The molecule has 0 atom stereocenters. The minimum Gasteiger partial charge on any atom is -0.315 e. The lowest BCUT2D eigenvalue weighted by Gasteiger charge is -2.50. The highest BCUT2D eigenvalue weighted by Gasteiger charge is 2.44. The first-order valence-electron chi connectivity index (χ1n) is 11.7.